The summed E-state index contributed by atoms with van der Waals surface area (Å²) in [5.41, 5.74) is 0.831. The van der Waals surface area contributed by atoms with Crippen molar-refractivity contribution in [3.05, 3.63) is 68.2 Å². The number of halogens is 3. The summed E-state index contributed by atoms with van der Waals surface area (Å²) in [6, 6.07) is 8.76. The van der Waals surface area contributed by atoms with Crippen LogP contribution < -0.4 is 4.74 Å². The van der Waals surface area contributed by atoms with Crippen LogP contribution in [0.25, 0.3) is 5.76 Å². The van der Waals surface area contributed by atoms with E-state index in [4.69, 9.17) is 39.5 Å². The van der Waals surface area contributed by atoms with Crippen LogP contribution >= 0.6 is 34.8 Å². The summed E-state index contributed by atoms with van der Waals surface area (Å²) in [4.78, 5) is 29.3. The van der Waals surface area contributed by atoms with Crippen LogP contribution in [0.5, 0.6) is 5.75 Å². The van der Waals surface area contributed by atoms with E-state index < -0.39 is 17.7 Å². The Labute approximate surface area is 201 Å². The number of likely N-dealkylation sites (tertiary alicyclic amines) is 1. The molecule has 32 heavy (non-hydrogen) atoms. The summed E-state index contributed by atoms with van der Waals surface area (Å²) in [6.45, 7) is 3.07. The molecule has 1 aliphatic rings. The molecule has 2 aromatic rings. The van der Waals surface area contributed by atoms with E-state index in [1.807, 2.05) is 25.9 Å². The topological polar surface area (TPSA) is 70.1 Å². The number of Topliss-reactive ketones (excluding diaryl/α,β-unsaturated/α-hetero) is 1. The monoisotopic (exact) mass is 496 g/mol. The van der Waals surface area contributed by atoms with Crippen molar-refractivity contribution in [2.75, 3.05) is 33.8 Å². The lowest BCUT2D eigenvalue weighted by Gasteiger charge is -2.26. The molecule has 0 aliphatic carbocycles. The zero-order valence-corrected chi connectivity index (χ0v) is 20.1. The van der Waals surface area contributed by atoms with Crippen molar-refractivity contribution >= 4 is 52.3 Å². The van der Waals surface area contributed by atoms with Gasteiger partial charge >= 0.3 is 0 Å². The smallest absolute Gasteiger partial charge is 0.295 e. The molecule has 0 saturated carbocycles. The molecule has 6 nitrogen and oxygen atoms in total. The SMILES string of the molecule is CCOc1ccc(C(O)=C2C(=O)C(=O)N(CCN(C)C)[C@H]2c2ccc(Cl)c(Cl)c2)cc1Cl. The molecule has 1 aliphatic heterocycles. The Morgan fingerprint density at radius 3 is 2.38 bits per heavy atom. The lowest BCUT2D eigenvalue weighted by atomic mass is 9.95. The highest BCUT2D eigenvalue weighted by atomic mass is 35.5. The molecule has 0 bridgehead atoms. The van der Waals surface area contributed by atoms with Crippen LogP contribution in [-0.2, 0) is 9.59 Å². The van der Waals surface area contributed by atoms with Crippen molar-refractivity contribution in [2.24, 2.45) is 0 Å². The standard InChI is InChI=1S/C23H23Cl3N2O4/c1-4-32-18-8-6-14(12-17(18)26)21(29)19-20(13-5-7-15(24)16(25)11-13)28(10-9-27(2)3)23(31)22(19)30/h5-8,11-12,20,29H,4,9-10H2,1-3H3/t20-/m0/s1. The first kappa shape index (κ1) is 24.4. The van der Waals surface area contributed by atoms with Crippen molar-refractivity contribution in [1.29, 1.82) is 0 Å². The number of amides is 1. The van der Waals surface area contributed by atoms with E-state index in [0.29, 0.717) is 35.1 Å². The Hall–Kier alpha value is -2.25. The number of rotatable bonds is 7. The highest BCUT2D eigenvalue weighted by molar-refractivity contribution is 6.47. The molecule has 170 valence electrons. The van der Waals surface area contributed by atoms with E-state index in [1.54, 1.807) is 30.3 Å². The van der Waals surface area contributed by atoms with Crippen molar-refractivity contribution in [3.63, 3.8) is 0 Å². The van der Waals surface area contributed by atoms with E-state index in [-0.39, 0.29) is 27.9 Å². The van der Waals surface area contributed by atoms with Crippen LogP contribution in [0.1, 0.15) is 24.1 Å². The minimum absolute atomic E-state index is 0.0348. The van der Waals surface area contributed by atoms with Gasteiger partial charge in [0.2, 0.25) is 0 Å². The van der Waals surface area contributed by atoms with Gasteiger partial charge in [-0.15, -0.1) is 0 Å². The molecular weight excluding hydrogens is 475 g/mol. The predicted molar refractivity (Wildman–Crippen MR) is 127 cm³/mol. The number of hydrogen-bond acceptors (Lipinski definition) is 5. The molecule has 1 amide bonds. The summed E-state index contributed by atoms with van der Waals surface area (Å²) in [5.74, 6) is -1.33. The average molecular weight is 498 g/mol. The molecule has 2 aromatic carbocycles. The number of likely N-dealkylation sites (N-methyl/N-ethyl adjacent to an activating group) is 1. The maximum absolute atomic E-state index is 13.0. The minimum Gasteiger partial charge on any atom is -0.507 e. The molecule has 0 aromatic heterocycles. The molecule has 1 N–H and O–H groups in total. The fourth-order valence-corrected chi connectivity index (χ4v) is 4.07. The minimum atomic E-state index is -0.824. The van der Waals surface area contributed by atoms with Gasteiger partial charge in [0.15, 0.2) is 0 Å². The number of ketones is 1. The Bertz CT molecular complexity index is 1080. The number of benzene rings is 2. The maximum Gasteiger partial charge on any atom is 0.295 e. The van der Waals surface area contributed by atoms with Gasteiger partial charge in [-0.3, -0.25) is 9.59 Å². The normalized spacial score (nSPS) is 18.0. The lowest BCUT2D eigenvalue weighted by Crippen LogP contribution is -2.35. The number of aliphatic hydroxyl groups excluding tert-OH is 1. The Morgan fingerprint density at radius 1 is 1.06 bits per heavy atom. The second kappa shape index (κ2) is 10.1. The first-order valence-corrected chi connectivity index (χ1v) is 11.1. The molecule has 0 spiro atoms. The summed E-state index contributed by atoms with van der Waals surface area (Å²) in [5, 5.41) is 12.0. The van der Waals surface area contributed by atoms with Crippen LogP contribution in [0.3, 0.4) is 0 Å². The van der Waals surface area contributed by atoms with Gasteiger partial charge in [-0.25, -0.2) is 0 Å². The maximum atomic E-state index is 13.0. The Balaban J connectivity index is 2.15. The van der Waals surface area contributed by atoms with Crippen molar-refractivity contribution in [1.82, 2.24) is 9.80 Å². The second-order valence-electron chi connectivity index (χ2n) is 7.55. The quantitative estimate of drug-likeness (QED) is 0.330. The van der Waals surface area contributed by atoms with Gasteiger partial charge in [-0.1, -0.05) is 40.9 Å². The molecule has 3 rings (SSSR count). The predicted octanol–water partition coefficient (Wildman–Crippen LogP) is 5.03. The first-order valence-electron chi connectivity index (χ1n) is 9.96. The van der Waals surface area contributed by atoms with Crippen LogP contribution in [0.15, 0.2) is 42.0 Å². The Morgan fingerprint density at radius 2 is 1.78 bits per heavy atom. The summed E-state index contributed by atoms with van der Waals surface area (Å²) in [7, 11) is 3.74. The highest BCUT2D eigenvalue weighted by Gasteiger charge is 2.46. The van der Waals surface area contributed by atoms with Crippen molar-refractivity contribution in [2.45, 2.75) is 13.0 Å². The molecule has 1 saturated heterocycles. The molecule has 0 radical (unpaired) electrons. The average Bonchev–Trinajstić information content (AvgIpc) is 3.00. The summed E-state index contributed by atoms with van der Waals surface area (Å²) < 4.78 is 5.43. The fraction of sp³-hybridized carbons (Fsp3) is 0.304. The third-order valence-electron chi connectivity index (χ3n) is 5.09. The van der Waals surface area contributed by atoms with E-state index in [1.165, 1.54) is 11.0 Å². The molecule has 1 atom stereocenters. The lowest BCUT2D eigenvalue weighted by molar-refractivity contribution is -0.140. The van der Waals surface area contributed by atoms with Gasteiger partial charge in [-0.05, 0) is 56.9 Å². The van der Waals surface area contributed by atoms with Gasteiger partial charge in [-0.2, -0.15) is 0 Å². The zero-order chi connectivity index (χ0) is 23.6. The summed E-state index contributed by atoms with van der Waals surface area (Å²) >= 11 is 18.5. The number of hydrogen-bond donors (Lipinski definition) is 1. The van der Waals surface area contributed by atoms with E-state index in [2.05, 4.69) is 0 Å². The van der Waals surface area contributed by atoms with Crippen LogP contribution in [0, 0.1) is 0 Å². The van der Waals surface area contributed by atoms with Gasteiger partial charge in [0.05, 0.1) is 33.3 Å². The van der Waals surface area contributed by atoms with Gasteiger partial charge in [0, 0.05) is 18.7 Å². The number of ether oxygens (including phenoxy) is 1. The van der Waals surface area contributed by atoms with Crippen molar-refractivity contribution in [3.8, 4) is 5.75 Å². The van der Waals surface area contributed by atoms with Crippen LogP contribution in [-0.4, -0.2) is 60.4 Å². The number of carbonyl (C=O) groups is 2. The van der Waals surface area contributed by atoms with Crippen LogP contribution in [0.4, 0.5) is 0 Å². The molecule has 0 unspecified atom stereocenters. The van der Waals surface area contributed by atoms with Gasteiger partial charge < -0.3 is 19.6 Å². The van der Waals surface area contributed by atoms with Gasteiger partial charge in [0.1, 0.15) is 11.5 Å². The Kier molecular flexibility index (Phi) is 7.72. The largest absolute Gasteiger partial charge is 0.507 e. The number of nitrogens with zero attached hydrogens (tertiary/aromatic N) is 2. The third kappa shape index (κ3) is 4.89. The zero-order valence-electron chi connectivity index (χ0n) is 17.9. The number of aliphatic hydroxyl groups is 1. The fourth-order valence-electron chi connectivity index (χ4n) is 3.52. The van der Waals surface area contributed by atoms with Crippen LogP contribution in [0.2, 0.25) is 15.1 Å². The molecule has 9 heteroatoms. The van der Waals surface area contributed by atoms with Gasteiger partial charge in [0.25, 0.3) is 11.7 Å². The van der Waals surface area contributed by atoms with E-state index >= 15 is 0 Å². The summed E-state index contributed by atoms with van der Waals surface area (Å²) in [6.07, 6.45) is 0. The third-order valence-corrected chi connectivity index (χ3v) is 6.13. The van der Waals surface area contributed by atoms with E-state index in [9.17, 15) is 14.7 Å². The molecule has 1 heterocycles. The number of carbonyl (C=O) groups excluding carboxylic acids is 2. The van der Waals surface area contributed by atoms with E-state index in [0.717, 1.165) is 0 Å². The van der Waals surface area contributed by atoms with Crippen molar-refractivity contribution < 1.29 is 19.4 Å². The molecular formula is C23H23Cl3N2O4. The highest BCUT2D eigenvalue weighted by Crippen LogP contribution is 2.41. The second-order valence-corrected chi connectivity index (χ2v) is 8.77. The first-order chi connectivity index (χ1) is 15.1. The molecule has 1 fully saturated rings.